The lowest BCUT2D eigenvalue weighted by Crippen LogP contribution is -2.29. The van der Waals surface area contributed by atoms with E-state index in [1.54, 1.807) is 10.7 Å². The fourth-order valence-corrected chi connectivity index (χ4v) is 4.12. The molecule has 0 saturated carbocycles. The molecule has 1 fully saturated rings. The summed E-state index contributed by atoms with van der Waals surface area (Å²) in [6.45, 7) is 5.25. The molecule has 1 aliphatic heterocycles. The van der Waals surface area contributed by atoms with Crippen LogP contribution in [0.3, 0.4) is 0 Å². The monoisotopic (exact) mass is 444 g/mol. The molecule has 31 heavy (non-hydrogen) atoms. The van der Waals surface area contributed by atoms with Gasteiger partial charge in [0.05, 0.1) is 28.3 Å². The summed E-state index contributed by atoms with van der Waals surface area (Å²) >= 11 is 6.84. The molecule has 3 heterocycles. The highest BCUT2D eigenvalue weighted by Gasteiger charge is 2.24. The number of hydrogen-bond acceptors (Lipinski definition) is 9. The van der Waals surface area contributed by atoms with Gasteiger partial charge < -0.3 is 32.3 Å². The number of benzene rings is 1. The zero-order valence-electron chi connectivity index (χ0n) is 17.8. The maximum absolute atomic E-state index is 6.84. The van der Waals surface area contributed by atoms with Crippen LogP contribution >= 0.6 is 11.6 Å². The number of nitrogens with zero attached hydrogens (tertiary/aromatic N) is 5. The molecule has 1 saturated heterocycles. The van der Waals surface area contributed by atoms with Crippen molar-refractivity contribution in [3.05, 3.63) is 34.6 Å². The predicted octanol–water partition coefficient (Wildman–Crippen LogP) is 1.67. The van der Waals surface area contributed by atoms with Gasteiger partial charge in [0.1, 0.15) is 0 Å². The quantitative estimate of drug-likeness (QED) is 0.351. The van der Waals surface area contributed by atoms with Crippen molar-refractivity contribution in [2.45, 2.75) is 32.5 Å². The van der Waals surface area contributed by atoms with E-state index in [9.17, 15) is 0 Å². The molecule has 1 atom stereocenters. The third kappa shape index (κ3) is 4.24. The second-order valence-electron chi connectivity index (χ2n) is 7.53. The number of anilines is 4. The summed E-state index contributed by atoms with van der Waals surface area (Å²) in [5.41, 5.74) is 15.9. The molecule has 0 bridgehead atoms. The molecule has 7 N–H and O–H groups in total. The predicted molar refractivity (Wildman–Crippen MR) is 125 cm³/mol. The van der Waals surface area contributed by atoms with Gasteiger partial charge in [-0.3, -0.25) is 0 Å². The lowest BCUT2D eigenvalue weighted by Gasteiger charge is -2.23. The maximum atomic E-state index is 6.84. The number of rotatable bonds is 8. The van der Waals surface area contributed by atoms with Gasteiger partial charge in [-0.2, -0.15) is 4.98 Å². The number of imidazole rings is 1. The first kappa shape index (κ1) is 21.6. The van der Waals surface area contributed by atoms with Gasteiger partial charge in [0, 0.05) is 38.8 Å². The number of nitrogens with two attached hydrogens (primary N) is 2. The number of fused-ring (bicyclic) bond motifs is 1. The summed E-state index contributed by atoms with van der Waals surface area (Å²) in [5, 5.41) is 15.1. The minimum Gasteiger partial charge on any atom is -0.369 e. The maximum Gasteiger partial charge on any atom is 0.247 e. The van der Waals surface area contributed by atoms with Crippen LogP contribution < -0.4 is 32.3 Å². The van der Waals surface area contributed by atoms with Crippen LogP contribution in [-0.2, 0) is 13.1 Å². The number of halogens is 1. The Kier molecular flexibility index (Phi) is 6.42. The highest BCUT2D eigenvalue weighted by molar-refractivity contribution is 6.36. The average molecular weight is 445 g/mol. The van der Waals surface area contributed by atoms with Crippen molar-refractivity contribution in [2.24, 2.45) is 11.5 Å². The van der Waals surface area contributed by atoms with Crippen molar-refractivity contribution >= 4 is 40.4 Å². The van der Waals surface area contributed by atoms with Crippen LogP contribution in [0.4, 0.5) is 23.1 Å². The number of hydrogen-bond donors (Lipinski definition) is 5. The van der Waals surface area contributed by atoms with Crippen LogP contribution in [0.1, 0.15) is 24.6 Å². The van der Waals surface area contributed by atoms with Crippen molar-refractivity contribution < 1.29 is 0 Å². The van der Waals surface area contributed by atoms with E-state index in [1.807, 2.05) is 20.0 Å². The summed E-state index contributed by atoms with van der Waals surface area (Å²) < 4.78 is 1.70. The molecule has 4 rings (SSSR count). The van der Waals surface area contributed by atoms with Gasteiger partial charge in [-0.15, -0.1) is 5.10 Å². The molecule has 166 valence electrons. The molecule has 1 aromatic carbocycles. The fourth-order valence-electron chi connectivity index (χ4n) is 3.85. The smallest absolute Gasteiger partial charge is 0.247 e. The molecule has 1 aliphatic rings. The van der Waals surface area contributed by atoms with E-state index >= 15 is 0 Å². The number of likely N-dealkylation sites (N-methyl/N-ethyl adjacent to an activating group) is 1. The van der Waals surface area contributed by atoms with Gasteiger partial charge in [0.15, 0.2) is 11.5 Å². The number of nitrogens with one attached hydrogen (secondary N) is 3. The van der Waals surface area contributed by atoms with E-state index in [0.29, 0.717) is 53.8 Å². The van der Waals surface area contributed by atoms with Crippen molar-refractivity contribution in [1.29, 1.82) is 0 Å². The molecule has 0 aliphatic carbocycles. The molecular formula is C20H29ClN10. The van der Waals surface area contributed by atoms with Gasteiger partial charge in [-0.05, 0) is 38.1 Å². The lowest BCUT2D eigenvalue weighted by molar-refractivity contribution is 0.617. The van der Waals surface area contributed by atoms with Crippen LogP contribution in [0.2, 0.25) is 5.02 Å². The molecule has 2 aromatic heterocycles. The van der Waals surface area contributed by atoms with Crippen LogP contribution in [-0.4, -0.2) is 52.3 Å². The van der Waals surface area contributed by atoms with Gasteiger partial charge in [0.25, 0.3) is 0 Å². The fraction of sp³-hybridized carbons (Fsp3) is 0.450. The molecule has 0 radical (unpaired) electrons. The molecule has 0 spiro atoms. The Morgan fingerprint density at radius 1 is 1.26 bits per heavy atom. The van der Waals surface area contributed by atoms with Crippen molar-refractivity contribution in [3.63, 3.8) is 0 Å². The SMILES string of the molecule is CCNc1nc(Nc2cc(CN)cc(N3CCC(NC)C3)c2Cl)nn2c(CN)cnc12. The average Bonchev–Trinajstić information content (AvgIpc) is 3.42. The Hall–Kier alpha value is -2.66. The summed E-state index contributed by atoms with van der Waals surface area (Å²) in [4.78, 5) is 11.3. The minimum atomic E-state index is 0.318. The van der Waals surface area contributed by atoms with Crippen molar-refractivity contribution in [3.8, 4) is 0 Å². The van der Waals surface area contributed by atoms with Crippen LogP contribution in [0.15, 0.2) is 18.3 Å². The molecule has 1 unspecified atom stereocenters. The Balaban J connectivity index is 1.73. The van der Waals surface area contributed by atoms with E-state index in [1.165, 1.54) is 0 Å². The Morgan fingerprint density at radius 2 is 2.10 bits per heavy atom. The van der Waals surface area contributed by atoms with Gasteiger partial charge in [0.2, 0.25) is 5.95 Å². The third-order valence-electron chi connectivity index (χ3n) is 5.52. The number of aromatic nitrogens is 4. The molecule has 0 amide bonds. The zero-order valence-corrected chi connectivity index (χ0v) is 18.6. The first-order valence-corrected chi connectivity index (χ1v) is 10.9. The van der Waals surface area contributed by atoms with Crippen LogP contribution in [0, 0.1) is 0 Å². The Labute approximate surface area is 186 Å². The first-order chi connectivity index (χ1) is 15.1. The van der Waals surface area contributed by atoms with Crippen molar-refractivity contribution in [2.75, 3.05) is 42.2 Å². The van der Waals surface area contributed by atoms with E-state index in [-0.39, 0.29) is 0 Å². The second kappa shape index (κ2) is 9.23. The zero-order chi connectivity index (χ0) is 22.0. The highest BCUT2D eigenvalue weighted by Crippen LogP contribution is 2.37. The lowest BCUT2D eigenvalue weighted by atomic mass is 10.1. The van der Waals surface area contributed by atoms with E-state index < -0.39 is 0 Å². The van der Waals surface area contributed by atoms with Gasteiger partial charge >= 0.3 is 0 Å². The second-order valence-corrected chi connectivity index (χ2v) is 7.91. The minimum absolute atomic E-state index is 0.318. The molecule has 3 aromatic rings. The summed E-state index contributed by atoms with van der Waals surface area (Å²) in [6.07, 6.45) is 2.77. The van der Waals surface area contributed by atoms with Crippen LogP contribution in [0.5, 0.6) is 0 Å². The van der Waals surface area contributed by atoms with Gasteiger partial charge in [-0.1, -0.05) is 11.6 Å². The van der Waals surface area contributed by atoms with Gasteiger partial charge in [-0.25, -0.2) is 9.50 Å². The highest BCUT2D eigenvalue weighted by atomic mass is 35.5. The Morgan fingerprint density at radius 3 is 2.77 bits per heavy atom. The largest absolute Gasteiger partial charge is 0.369 e. The molecular weight excluding hydrogens is 416 g/mol. The summed E-state index contributed by atoms with van der Waals surface area (Å²) in [5.74, 6) is 1.02. The summed E-state index contributed by atoms with van der Waals surface area (Å²) in [7, 11) is 1.99. The summed E-state index contributed by atoms with van der Waals surface area (Å²) in [6, 6.07) is 4.44. The topological polar surface area (TPSA) is 134 Å². The molecule has 11 heteroatoms. The van der Waals surface area contributed by atoms with E-state index in [2.05, 4.69) is 42.0 Å². The van der Waals surface area contributed by atoms with Crippen molar-refractivity contribution in [1.82, 2.24) is 24.9 Å². The van der Waals surface area contributed by atoms with E-state index in [0.717, 1.165) is 36.5 Å². The first-order valence-electron chi connectivity index (χ1n) is 10.5. The van der Waals surface area contributed by atoms with Crippen LogP contribution in [0.25, 0.3) is 5.65 Å². The Bertz CT molecular complexity index is 1070. The molecule has 10 nitrogen and oxygen atoms in total. The third-order valence-corrected chi connectivity index (χ3v) is 5.92. The van der Waals surface area contributed by atoms with E-state index in [4.69, 9.17) is 23.1 Å². The normalized spacial score (nSPS) is 16.3. The standard InChI is InChI=1S/C20H29ClN10/c1-3-25-18-19-26-10-14(9-23)31(19)29-20(28-18)27-15-6-12(8-22)7-16(17(15)21)30-5-4-13(11-30)24-2/h6-7,10,13,24H,3-5,8-9,11,22-23H2,1-2H3,(H2,25,27,28,29).